The summed E-state index contributed by atoms with van der Waals surface area (Å²) < 4.78 is 10.8. The Morgan fingerprint density at radius 2 is 1.85 bits per heavy atom. The number of pyridine rings is 1. The van der Waals surface area contributed by atoms with Gasteiger partial charge in [0.05, 0.1) is 24.1 Å². The molecule has 0 bridgehead atoms. The fourth-order valence-corrected chi connectivity index (χ4v) is 2.10. The fraction of sp³-hybridized carbons (Fsp3) is 0.316. The molecule has 2 N–H and O–H groups in total. The number of nitrogens with zero attached hydrogens (tertiary/aromatic N) is 1. The normalized spacial score (nSPS) is 10.9. The van der Waals surface area contributed by atoms with Crippen LogP contribution in [0.4, 0.5) is 11.4 Å². The molecule has 0 saturated carbocycles. The Hall–Kier alpha value is -3.09. The smallest absolute Gasteiger partial charge is 0.354 e. The standard InChI is InChI=1S/C19H22N2O5/c1-5-25-16-10-14(17(22)23)20-11-15(16)21-13-8-6-12(7-9-13)18(24)26-19(2,3)4/h6-11,21H,5H2,1-4H3,(H,22,23). The molecule has 0 amide bonds. The first kappa shape index (κ1) is 19.2. The predicted octanol–water partition coefficient (Wildman–Crippen LogP) is 3.88. The Morgan fingerprint density at radius 1 is 1.19 bits per heavy atom. The van der Waals surface area contributed by atoms with Crippen molar-refractivity contribution in [3.05, 3.63) is 47.8 Å². The summed E-state index contributed by atoms with van der Waals surface area (Å²) in [6.45, 7) is 7.62. The number of rotatable bonds is 6. The third kappa shape index (κ3) is 5.20. The Balaban J connectivity index is 2.18. The maximum atomic E-state index is 12.0. The number of hydrogen-bond donors (Lipinski definition) is 2. The van der Waals surface area contributed by atoms with Crippen molar-refractivity contribution in [1.82, 2.24) is 4.98 Å². The topological polar surface area (TPSA) is 97.8 Å². The molecule has 2 rings (SSSR count). The summed E-state index contributed by atoms with van der Waals surface area (Å²) in [5.74, 6) is -1.14. The molecule has 0 unspecified atom stereocenters. The number of esters is 1. The van der Waals surface area contributed by atoms with E-state index in [9.17, 15) is 9.59 Å². The van der Waals surface area contributed by atoms with Gasteiger partial charge in [-0.3, -0.25) is 0 Å². The van der Waals surface area contributed by atoms with Crippen LogP contribution in [0.1, 0.15) is 48.5 Å². The molecule has 7 nitrogen and oxygen atoms in total. The van der Waals surface area contributed by atoms with Crippen LogP contribution in [0.25, 0.3) is 0 Å². The van der Waals surface area contributed by atoms with Crippen LogP contribution in [-0.2, 0) is 4.74 Å². The van der Waals surface area contributed by atoms with E-state index < -0.39 is 17.5 Å². The first-order chi connectivity index (χ1) is 12.2. The summed E-state index contributed by atoms with van der Waals surface area (Å²) in [4.78, 5) is 27.0. The first-order valence-electron chi connectivity index (χ1n) is 8.16. The maximum absolute atomic E-state index is 12.0. The minimum atomic E-state index is -1.13. The number of carbonyl (C=O) groups is 2. The lowest BCUT2D eigenvalue weighted by atomic mass is 10.1. The number of carbonyl (C=O) groups excluding carboxylic acids is 1. The number of benzene rings is 1. The monoisotopic (exact) mass is 358 g/mol. The van der Waals surface area contributed by atoms with Gasteiger partial charge in [-0.25, -0.2) is 14.6 Å². The highest BCUT2D eigenvalue weighted by atomic mass is 16.6. The number of nitrogens with one attached hydrogen (secondary N) is 1. The zero-order chi connectivity index (χ0) is 19.3. The van der Waals surface area contributed by atoms with Gasteiger partial charge in [0, 0.05) is 11.8 Å². The molecule has 2 aromatic rings. The van der Waals surface area contributed by atoms with Crippen molar-refractivity contribution in [1.29, 1.82) is 0 Å². The molecule has 0 saturated heterocycles. The Bertz CT molecular complexity index is 795. The average Bonchev–Trinajstić information content (AvgIpc) is 2.55. The van der Waals surface area contributed by atoms with E-state index in [1.165, 1.54) is 12.3 Å². The molecule has 138 valence electrons. The molecule has 0 fully saturated rings. The number of aromatic carboxylic acids is 1. The van der Waals surface area contributed by atoms with Crippen molar-refractivity contribution in [2.75, 3.05) is 11.9 Å². The molecule has 1 heterocycles. The third-order valence-corrected chi connectivity index (χ3v) is 3.18. The van der Waals surface area contributed by atoms with E-state index >= 15 is 0 Å². The van der Waals surface area contributed by atoms with E-state index in [2.05, 4.69) is 10.3 Å². The number of anilines is 2. The van der Waals surface area contributed by atoms with Crippen LogP contribution in [0, 0.1) is 0 Å². The lowest BCUT2D eigenvalue weighted by molar-refractivity contribution is 0.00693. The first-order valence-corrected chi connectivity index (χ1v) is 8.16. The van der Waals surface area contributed by atoms with Crippen LogP contribution >= 0.6 is 0 Å². The summed E-state index contributed by atoms with van der Waals surface area (Å²) >= 11 is 0. The van der Waals surface area contributed by atoms with Gasteiger partial charge in [0.2, 0.25) is 0 Å². The summed E-state index contributed by atoms with van der Waals surface area (Å²) in [5.41, 5.74) is 1.01. The van der Waals surface area contributed by atoms with Gasteiger partial charge in [0.25, 0.3) is 0 Å². The molecule has 0 aliphatic rings. The van der Waals surface area contributed by atoms with Crippen molar-refractivity contribution in [2.45, 2.75) is 33.3 Å². The van der Waals surface area contributed by atoms with E-state index in [1.54, 1.807) is 31.2 Å². The zero-order valence-electron chi connectivity index (χ0n) is 15.2. The van der Waals surface area contributed by atoms with E-state index in [-0.39, 0.29) is 5.69 Å². The SMILES string of the molecule is CCOc1cc(C(=O)O)ncc1Nc1ccc(C(=O)OC(C)(C)C)cc1. The summed E-state index contributed by atoms with van der Waals surface area (Å²) in [6, 6.07) is 8.11. The lowest BCUT2D eigenvalue weighted by Crippen LogP contribution is -2.23. The number of carboxylic acid groups (broad SMARTS) is 1. The van der Waals surface area contributed by atoms with Crippen LogP contribution in [0.3, 0.4) is 0 Å². The minimum Gasteiger partial charge on any atom is -0.492 e. The summed E-state index contributed by atoms with van der Waals surface area (Å²) in [5, 5.41) is 12.1. The van der Waals surface area contributed by atoms with Gasteiger partial charge in [0.1, 0.15) is 11.4 Å². The summed E-state index contributed by atoms with van der Waals surface area (Å²) in [6.07, 6.45) is 1.40. The van der Waals surface area contributed by atoms with Crippen LogP contribution in [-0.4, -0.2) is 34.2 Å². The van der Waals surface area contributed by atoms with Crippen molar-refractivity contribution >= 4 is 23.3 Å². The second kappa shape index (κ2) is 7.86. The highest BCUT2D eigenvalue weighted by Crippen LogP contribution is 2.28. The number of carboxylic acids is 1. The molecule has 1 aromatic carbocycles. The van der Waals surface area contributed by atoms with Gasteiger partial charge in [-0.15, -0.1) is 0 Å². The van der Waals surface area contributed by atoms with Crippen molar-refractivity contribution in [3.8, 4) is 5.75 Å². The van der Waals surface area contributed by atoms with E-state index in [0.717, 1.165) is 0 Å². The lowest BCUT2D eigenvalue weighted by Gasteiger charge is -2.19. The molecule has 0 atom stereocenters. The fourth-order valence-electron chi connectivity index (χ4n) is 2.10. The Kier molecular flexibility index (Phi) is 5.82. The van der Waals surface area contributed by atoms with Gasteiger partial charge in [-0.1, -0.05) is 0 Å². The molecule has 26 heavy (non-hydrogen) atoms. The average molecular weight is 358 g/mol. The van der Waals surface area contributed by atoms with E-state index in [0.29, 0.717) is 29.3 Å². The van der Waals surface area contributed by atoms with Crippen molar-refractivity contribution in [2.24, 2.45) is 0 Å². The summed E-state index contributed by atoms with van der Waals surface area (Å²) in [7, 11) is 0. The van der Waals surface area contributed by atoms with Crippen molar-refractivity contribution < 1.29 is 24.2 Å². The van der Waals surface area contributed by atoms with Gasteiger partial charge in [-0.05, 0) is 52.0 Å². The molecule has 0 radical (unpaired) electrons. The predicted molar refractivity (Wildman–Crippen MR) is 97.3 cm³/mol. The van der Waals surface area contributed by atoms with E-state index in [1.807, 2.05) is 20.8 Å². The van der Waals surface area contributed by atoms with E-state index in [4.69, 9.17) is 14.6 Å². The molecule has 0 aliphatic carbocycles. The molecular formula is C19H22N2O5. The minimum absolute atomic E-state index is 0.0979. The molecular weight excluding hydrogens is 336 g/mol. The van der Waals surface area contributed by atoms with Gasteiger partial charge in [0.15, 0.2) is 5.69 Å². The van der Waals surface area contributed by atoms with Gasteiger partial charge >= 0.3 is 11.9 Å². The van der Waals surface area contributed by atoms with Crippen molar-refractivity contribution in [3.63, 3.8) is 0 Å². The number of hydrogen-bond acceptors (Lipinski definition) is 6. The Labute approximate surface area is 152 Å². The molecule has 7 heteroatoms. The van der Waals surface area contributed by atoms with Gasteiger partial charge in [-0.2, -0.15) is 0 Å². The highest BCUT2D eigenvalue weighted by Gasteiger charge is 2.18. The molecule has 0 aliphatic heterocycles. The van der Waals surface area contributed by atoms with Crippen LogP contribution < -0.4 is 10.1 Å². The number of ether oxygens (including phenoxy) is 2. The third-order valence-electron chi connectivity index (χ3n) is 3.18. The Morgan fingerprint density at radius 3 is 2.38 bits per heavy atom. The zero-order valence-corrected chi connectivity index (χ0v) is 15.2. The second-order valence-corrected chi connectivity index (χ2v) is 6.51. The molecule has 1 aromatic heterocycles. The molecule has 0 spiro atoms. The quantitative estimate of drug-likeness (QED) is 0.756. The second-order valence-electron chi connectivity index (χ2n) is 6.51. The number of aromatic nitrogens is 1. The van der Waals surface area contributed by atoms with Crippen LogP contribution in [0.5, 0.6) is 5.75 Å². The van der Waals surface area contributed by atoms with Crippen LogP contribution in [0.15, 0.2) is 36.5 Å². The highest BCUT2D eigenvalue weighted by molar-refractivity contribution is 5.90. The van der Waals surface area contributed by atoms with Gasteiger partial charge < -0.3 is 19.9 Å². The maximum Gasteiger partial charge on any atom is 0.354 e. The largest absolute Gasteiger partial charge is 0.492 e. The van der Waals surface area contributed by atoms with Crippen LogP contribution in [0.2, 0.25) is 0 Å².